The van der Waals surface area contributed by atoms with Crippen molar-refractivity contribution in [1.29, 1.82) is 0 Å². The van der Waals surface area contributed by atoms with Gasteiger partial charge in [-0.05, 0) is 17.9 Å². The van der Waals surface area contributed by atoms with Crippen molar-refractivity contribution in [2.45, 2.75) is 25.5 Å². The molecule has 0 amide bonds. The molecule has 0 radical (unpaired) electrons. The predicted octanol–water partition coefficient (Wildman–Crippen LogP) is 2.36. The minimum atomic E-state index is -0.486. The van der Waals surface area contributed by atoms with Gasteiger partial charge in [-0.15, -0.1) is 11.3 Å². The lowest BCUT2D eigenvalue weighted by Gasteiger charge is -2.45. The van der Waals surface area contributed by atoms with Gasteiger partial charge < -0.3 is 9.52 Å². The van der Waals surface area contributed by atoms with Gasteiger partial charge >= 0.3 is 0 Å². The molecule has 0 aromatic carbocycles. The van der Waals surface area contributed by atoms with Gasteiger partial charge in [0.15, 0.2) is 0 Å². The van der Waals surface area contributed by atoms with E-state index < -0.39 is 5.60 Å². The summed E-state index contributed by atoms with van der Waals surface area (Å²) in [6.45, 7) is 4.22. The molecule has 0 aliphatic carbocycles. The van der Waals surface area contributed by atoms with Gasteiger partial charge in [-0.25, -0.2) is 4.98 Å². The van der Waals surface area contributed by atoms with Gasteiger partial charge in [0.25, 0.3) is 0 Å². The van der Waals surface area contributed by atoms with Gasteiger partial charge in [0.2, 0.25) is 5.89 Å². The van der Waals surface area contributed by atoms with Gasteiger partial charge in [0, 0.05) is 19.6 Å². The summed E-state index contributed by atoms with van der Waals surface area (Å²) in [6, 6.07) is 3.99. The fraction of sp³-hybridized carbons (Fsp3) is 0.462. The average molecular weight is 264 g/mol. The summed E-state index contributed by atoms with van der Waals surface area (Å²) in [4.78, 5) is 7.70. The number of rotatable bonds is 4. The summed E-state index contributed by atoms with van der Waals surface area (Å²) in [6.07, 6.45) is 2.52. The first-order valence-electron chi connectivity index (χ1n) is 6.11. The monoisotopic (exact) mass is 264 g/mol. The Morgan fingerprint density at radius 1 is 1.56 bits per heavy atom. The number of likely N-dealkylation sites (tertiary alicyclic amines) is 1. The van der Waals surface area contributed by atoms with Crippen LogP contribution in [0.25, 0.3) is 10.8 Å². The van der Waals surface area contributed by atoms with Crippen molar-refractivity contribution in [1.82, 2.24) is 9.88 Å². The number of aromatic nitrogens is 1. The van der Waals surface area contributed by atoms with Gasteiger partial charge in [0.05, 0.1) is 16.2 Å². The third-order valence-electron chi connectivity index (χ3n) is 3.36. The Kier molecular flexibility index (Phi) is 2.97. The average Bonchev–Trinajstić information content (AvgIpc) is 2.96. The Hall–Kier alpha value is -1.17. The van der Waals surface area contributed by atoms with Gasteiger partial charge in [-0.2, -0.15) is 0 Å². The number of hydrogen-bond donors (Lipinski definition) is 1. The number of nitrogens with zero attached hydrogens (tertiary/aromatic N) is 2. The maximum atomic E-state index is 9.94. The molecule has 1 aliphatic rings. The quantitative estimate of drug-likeness (QED) is 0.921. The number of aliphatic hydroxyl groups is 1. The van der Waals surface area contributed by atoms with E-state index in [9.17, 15) is 5.11 Å². The van der Waals surface area contributed by atoms with Crippen molar-refractivity contribution in [2.75, 3.05) is 13.1 Å². The van der Waals surface area contributed by atoms with Crippen LogP contribution in [-0.4, -0.2) is 33.7 Å². The second-order valence-corrected chi connectivity index (χ2v) is 5.79. The predicted molar refractivity (Wildman–Crippen MR) is 70.3 cm³/mol. The standard InChI is InChI=1S/C13H16N2O2S/c1-2-13(16)8-15(9-13)6-10-7-17-12(14-10)11-4-3-5-18-11/h3-5,7,16H,2,6,8-9H2,1H3. The number of thiophene rings is 1. The van der Waals surface area contributed by atoms with E-state index in [-0.39, 0.29) is 0 Å². The first kappa shape index (κ1) is 11.9. The molecule has 0 bridgehead atoms. The van der Waals surface area contributed by atoms with Crippen molar-refractivity contribution in [2.24, 2.45) is 0 Å². The van der Waals surface area contributed by atoms with E-state index in [1.807, 2.05) is 24.4 Å². The first-order valence-corrected chi connectivity index (χ1v) is 6.99. The molecule has 0 saturated carbocycles. The smallest absolute Gasteiger partial charge is 0.236 e. The van der Waals surface area contributed by atoms with E-state index in [0.717, 1.165) is 36.6 Å². The molecular weight excluding hydrogens is 248 g/mol. The van der Waals surface area contributed by atoms with Crippen molar-refractivity contribution >= 4 is 11.3 Å². The zero-order valence-electron chi connectivity index (χ0n) is 10.3. The van der Waals surface area contributed by atoms with Crippen molar-refractivity contribution < 1.29 is 9.52 Å². The van der Waals surface area contributed by atoms with Crippen LogP contribution < -0.4 is 0 Å². The van der Waals surface area contributed by atoms with Crippen LogP contribution in [0, 0.1) is 0 Å². The van der Waals surface area contributed by atoms with Crippen molar-refractivity contribution in [3.63, 3.8) is 0 Å². The normalized spacial score (nSPS) is 18.8. The summed E-state index contributed by atoms with van der Waals surface area (Å²) >= 11 is 1.62. The van der Waals surface area contributed by atoms with Crippen LogP contribution in [0.5, 0.6) is 0 Å². The molecule has 2 aromatic rings. The molecule has 3 heterocycles. The second-order valence-electron chi connectivity index (χ2n) is 4.84. The molecule has 5 heteroatoms. The van der Waals surface area contributed by atoms with E-state index >= 15 is 0 Å². The number of oxazole rings is 1. The fourth-order valence-electron chi connectivity index (χ4n) is 2.24. The van der Waals surface area contributed by atoms with Crippen LogP contribution in [0.1, 0.15) is 19.0 Å². The Balaban J connectivity index is 1.62. The maximum absolute atomic E-state index is 9.94. The largest absolute Gasteiger partial charge is 0.444 e. The van der Waals surface area contributed by atoms with Gasteiger partial charge in [-0.3, -0.25) is 4.90 Å². The Bertz CT molecular complexity index is 515. The molecule has 3 rings (SSSR count). The summed E-state index contributed by atoms with van der Waals surface area (Å²) in [5.74, 6) is 0.686. The molecular formula is C13H16N2O2S. The van der Waals surface area contributed by atoms with Crippen LogP contribution >= 0.6 is 11.3 Å². The van der Waals surface area contributed by atoms with Crippen molar-refractivity contribution in [3.8, 4) is 10.8 Å². The minimum Gasteiger partial charge on any atom is -0.444 e. The second kappa shape index (κ2) is 4.50. The molecule has 0 spiro atoms. The molecule has 1 aliphatic heterocycles. The Morgan fingerprint density at radius 2 is 2.39 bits per heavy atom. The van der Waals surface area contributed by atoms with E-state index in [1.54, 1.807) is 17.6 Å². The first-order chi connectivity index (χ1) is 8.68. The Labute approximate surface area is 110 Å². The molecule has 1 saturated heterocycles. The highest BCUT2D eigenvalue weighted by molar-refractivity contribution is 7.13. The van der Waals surface area contributed by atoms with Crippen LogP contribution in [0.15, 0.2) is 28.2 Å². The lowest BCUT2D eigenvalue weighted by atomic mass is 9.91. The number of hydrogen-bond acceptors (Lipinski definition) is 5. The zero-order valence-corrected chi connectivity index (χ0v) is 11.1. The van der Waals surface area contributed by atoms with E-state index in [0.29, 0.717) is 5.89 Å². The topological polar surface area (TPSA) is 49.5 Å². The van der Waals surface area contributed by atoms with Crippen molar-refractivity contribution in [3.05, 3.63) is 29.5 Å². The lowest BCUT2D eigenvalue weighted by Crippen LogP contribution is -2.60. The zero-order chi connectivity index (χ0) is 12.6. The molecule has 18 heavy (non-hydrogen) atoms. The summed E-state index contributed by atoms with van der Waals surface area (Å²) in [5, 5.41) is 11.9. The van der Waals surface area contributed by atoms with E-state index in [4.69, 9.17) is 4.42 Å². The third kappa shape index (κ3) is 2.21. The van der Waals surface area contributed by atoms with Crippen LogP contribution in [0.4, 0.5) is 0 Å². The summed E-state index contributed by atoms with van der Waals surface area (Å²) in [5.41, 5.74) is 0.442. The van der Waals surface area contributed by atoms with Gasteiger partial charge in [0.1, 0.15) is 6.26 Å². The van der Waals surface area contributed by atoms with Crippen LogP contribution in [-0.2, 0) is 6.54 Å². The third-order valence-corrected chi connectivity index (χ3v) is 4.22. The lowest BCUT2D eigenvalue weighted by molar-refractivity contribution is -0.103. The summed E-state index contributed by atoms with van der Waals surface area (Å²) < 4.78 is 5.47. The highest BCUT2D eigenvalue weighted by atomic mass is 32.1. The molecule has 0 atom stereocenters. The minimum absolute atomic E-state index is 0.486. The highest BCUT2D eigenvalue weighted by Gasteiger charge is 2.39. The molecule has 1 fully saturated rings. The SMILES string of the molecule is CCC1(O)CN(Cc2coc(-c3cccs3)n2)C1. The van der Waals surface area contributed by atoms with E-state index in [2.05, 4.69) is 9.88 Å². The highest BCUT2D eigenvalue weighted by Crippen LogP contribution is 2.27. The van der Waals surface area contributed by atoms with Gasteiger partial charge in [-0.1, -0.05) is 13.0 Å². The number of β-amino-alcohol motifs (C(OH)–C–C–N with tert-alkyl or cyclic N) is 1. The summed E-state index contributed by atoms with van der Waals surface area (Å²) in [7, 11) is 0. The van der Waals surface area contributed by atoms with Crippen LogP contribution in [0.3, 0.4) is 0 Å². The molecule has 96 valence electrons. The fourth-order valence-corrected chi connectivity index (χ4v) is 2.90. The molecule has 0 unspecified atom stereocenters. The van der Waals surface area contributed by atoms with Crippen LogP contribution in [0.2, 0.25) is 0 Å². The maximum Gasteiger partial charge on any atom is 0.236 e. The van der Waals surface area contributed by atoms with E-state index in [1.165, 1.54) is 0 Å². The molecule has 1 N–H and O–H groups in total. The Morgan fingerprint density at radius 3 is 3.06 bits per heavy atom. The molecule has 2 aromatic heterocycles. The molecule has 4 nitrogen and oxygen atoms in total.